The number of ether oxygens (including phenoxy) is 2. The third kappa shape index (κ3) is 1.36. The highest BCUT2D eigenvalue weighted by Crippen LogP contribution is 2.47. The number of carbonyl (C=O) groups is 2. The number of carboxylic acid groups (broad SMARTS) is 2. The van der Waals surface area contributed by atoms with E-state index in [-0.39, 0.29) is 6.42 Å². The van der Waals surface area contributed by atoms with Crippen LogP contribution in [-0.4, -0.2) is 42.2 Å². The molecule has 2 atom stereocenters. The first-order chi connectivity index (χ1) is 6.48. The molecule has 0 amide bonds. The predicted octanol–water partition coefficient (Wildman–Crippen LogP) is -0.219. The number of carboxylic acids is 2. The van der Waals surface area contributed by atoms with Gasteiger partial charge in [0.15, 0.2) is 5.79 Å². The smallest absolute Gasteiger partial charge is 0.312 e. The molecule has 0 spiro atoms. The average molecular weight is 204 g/mol. The summed E-state index contributed by atoms with van der Waals surface area (Å²) >= 11 is 0. The first-order valence-corrected chi connectivity index (χ1v) is 4.04. The first-order valence-electron chi connectivity index (χ1n) is 4.04. The SMILES string of the molecule is COC1(OC)C[C@H](C(=O)O)[C@H]1C(=O)O. The number of methoxy groups -OCH3 is 2. The lowest BCUT2D eigenvalue weighted by Crippen LogP contribution is -2.62. The topological polar surface area (TPSA) is 93.1 Å². The van der Waals surface area contributed by atoms with Crippen LogP contribution < -0.4 is 0 Å². The molecule has 0 aromatic rings. The van der Waals surface area contributed by atoms with Crippen molar-refractivity contribution in [3.05, 3.63) is 0 Å². The molecule has 6 heteroatoms. The standard InChI is InChI=1S/C8H12O6/c1-13-8(14-2)3-4(6(9)10)5(8)7(11)12/h4-5H,3H2,1-2H3,(H,9,10)(H,11,12)/t4-,5-/m0/s1. The van der Waals surface area contributed by atoms with Gasteiger partial charge in [-0.3, -0.25) is 9.59 Å². The van der Waals surface area contributed by atoms with Gasteiger partial charge in [0.25, 0.3) is 0 Å². The maximum absolute atomic E-state index is 10.8. The van der Waals surface area contributed by atoms with Crippen molar-refractivity contribution >= 4 is 11.9 Å². The molecule has 0 bridgehead atoms. The summed E-state index contributed by atoms with van der Waals surface area (Å²) in [5, 5.41) is 17.5. The van der Waals surface area contributed by atoms with E-state index in [1.165, 1.54) is 14.2 Å². The molecule has 1 aliphatic carbocycles. The van der Waals surface area contributed by atoms with Gasteiger partial charge in [-0.1, -0.05) is 0 Å². The lowest BCUT2D eigenvalue weighted by molar-refractivity contribution is -0.303. The third-order valence-corrected chi connectivity index (χ3v) is 2.65. The Morgan fingerprint density at radius 1 is 1.21 bits per heavy atom. The highest BCUT2D eigenvalue weighted by Gasteiger charge is 2.62. The van der Waals surface area contributed by atoms with Crippen molar-refractivity contribution in [2.75, 3.05) is 14.2 Å². The van der Waals surface area contributed by atoms with Crippen molar-refractivity contribution < 1.29 is 29.3 Å². The van der Waals surface area contributed by atoms with Crippen LogP contribution in [0.15, 0.2) is 0 Å². The summed E-state index contributed by atoms with van der Waals surface area (Å²) in [5.74, 6) is -5.72. The maximum Gasteiger partial charge on any atom is 0.312 e. The molecule has 1 rings (SSSR count). The van der Waals surface area contributed by atoms with E-state index in [4.69, 9.17) is 19.7 Å². The summed E-state index contributed by atoms with van der Waals surface area (Å²) < 4.78 is 9.82. The van der Waals surface area contributed by atoms with Crippen molar-refractivity contribution in [2.24, 2.45) is 11.8 Å². The molecule has 0 heterocycles. The van der Waals surface area contributed by atoms with Gasteiger partial charge in [-0.2, -0.15) is 0 Å². The minimum Gasteiger partial charge on any atom is -0.481 e. The molecule has 0 aromatic heterocycles. The van der Waals surface area contributed by atoms with E-state index in [9.17, 15) is 9.59 Å². The fourth-order valence-electron chi connectivity index (χ4n) is 1.79. The van der Waals surface area contributed by atoms with E-state index in [2.05, 4.69) is 0 Å². The van der Waals surface area contributed by atoms with E-state index in [1.807, 2.05) is 0 Å². The zero-order valence-corrected chi connectivity index (χ0v) is 7.89. The lowest BCUT2D eigenvalue weighted by atomic mass is 9.67. The van der Waals surface area contributed by atoms with Gasteiger partial charge in [-0.05, 0) is 0 Å². The Morgan fingerprint density at radius 2 is 1.71 bits per heavy atom. The molecule has 1 aliphatic rings. The van der Waals surface area contributed by atoms with Gasteiger partial charge in [-0.25, -0.2) is 0 Å². The molecule has 0 saturated heterocycles. The van der Waals surface area contributed by atoms with Crippen molar-refractivity contribution in [3.8, 4) is 0 Å². The maximum atomic E-state index is 10.8. The molecule has 1 saturated carbocycles. The van der Waals surface area contributed by atoms with Gasteiger partial charge in [0.05, 0.1) is 5.92 Å². The Hall–Kier alpha value is -1.14. The molecule has 0 aromatic carbocycles. The Kier molecular flexibility index (Phi) is 2.77. The molecule has 0 aliphatic heterocycles. The van der Waals surface area contributed by atoms with Crippen LogP contribution in [0.2, 0.25) is 0 Å². The summed E-state index contributed by atoms with van der Waals surface area (Å²) in [5.41, 5.74) is 0. The van der Waals surface area contributed by atoms with Crippen LogP contribution in [0.3, 0.4) is 0 Å². The van der Waals surface area contributed by atoms with E-state index in [1.54, 1.807) is 0 Å². The number of rotatable bonds is 4. The molecular formula is C8H12O6. The normalized spacial score (nSPS) is 29.3. The van der Waals surface area contributed by atoms with Crippen molar-refractivity contribution in [1.29, 1.82) is 0 Å². The molecule has 80 valence electrons. The highest BCUT2D eigenvalue weighted by atomic mass is 16.7. The minimum absolute atomic E-state index is 0.0618. The number of aliphatic carboxylic acids is 2. The van der Waals surface area contributed by atoms with E-state index < -0.39 is 29.6 Å². The van der Waals surface area contributed by atoms with Crippen LogP contribution in [0.1, 0.15) is 6.42 Å². The molecule has 0 unspecified atom stereocenters. The molecule has 6 nitrogen and oxygen atoms in total. The van der Waals surface area contributed by atoms with Crippen LogP contribution in [0, 0.1) is 11.8 Å². The predicted molar refractivity (Wildman–Crippen MR) is 43.6 cm³/mol. The molecule has 0 radical (unpaired) electrons. The average Bonchev–Trinajstić information content (AvgIpc) is 2.03. The molecule has 2 N–H and O–H groups in total. The Labute approximate surface area is 80.4 Å². The number of hydrogen-bond donors (Lipinski definition) is 2. The second kappa shape index (κ2) is 3.55. The number of hydrogen-bond acceptors (Lipinski definition) is 4. The Balaban J connectivity index is 2.86. The zero-order valence-electron chi connectivity index (χ0n) is 7.89. The van der Waals surface area contributed by atoms with Gasteiger partial charge in [-0.15, -0.1) is 0 Å². The summed E-state index contributed by atoms with van der Waals surface area (Å²) in [6, 6.07) is 0. The minimum atomic E-state index is -1.28. The van der Waals surface area contributed by atoms with Gasteiger partial charge in [0.2, 0.25) is 0 Å². The van der Waals surface area contributed by atoms with Gasteiger partial charge >= 0.3 is 11.9 Å². The first kappa shape index (κ1) is 10.9. The van der Waals surface area contributed by atoms with Gasteiger partial charge < -0.3 is 19.7 Å². The molecule has 1 fully saturated rings. The fraction of sp³-hybridized carbons (Fsp3) is 0.750. The second-order valence-corrected chi connectivity index (χ2v) is 3.18. The summed E-state index contributed by atoms with van der Waals surface area (Å²) in [4.78, 5) is 21.4. The molecule has 14 heavy (non-hydrogen) atoms. The van der Waals surface area contributed by atoms with Crippen LogP contribution in [0.5, 0.6) is 0 Å². The van der Waals surface area contributed by atoms with Crippen molar-refractivity contribution in [3.63, 3.8) is 0 Å². The third-order valence-electron chi connectivity index (χ3n) is 2.65. The quantitative estimate of drug-likeness (QED) is 0.615. The Morgan fingerprint density at radius 3 is 2.00 bits per heavy atom. The van der Waals surface area contributed by atoms with Crippen LogP contribution in [0.25, 0.3) is 0 Å². The summed E-state index contributed by atoms with van der Waals surface area (Å²) in [6.07, 6.45) is 0.0618. The lowest BCUT2D eigenvalue weighted by Gasteiger charge is -2.48. The summed E-state index contributed by atoms with van der Waals surface area (Å²) in [7, 11) is 2.61. The Bertz CT molecular complexity index is 257. The zero-order chi connectivity index (χ0) is 10.9. The highest BCUT2D eigenvalue weighted by molar-refractivity contribution is 5.83. The molecular weight excluding hydrogens is 192 g/mol. The van der Waals surface area contributed by atoms with Crippen LogP contribution in [0.4, 0.5) is 0 Å². The van der Waals surface area contributed by atoms with Gasteiger partial charge in [0, 0.05) is 20.6 Å². The largest absolute Gasteiger partial charge is 0.481 e. The fourth-order valence-corrected chi connectivity index (χ4v) is 1.79. The van der Waals surface area contributed by atoms with E-state index in [0.717, 1.165) is 0 Å². The van der Waals surface area contributed by atoms with E-state index >= 15 is 0 Å². The van der Waals surface area contributed by atoms with E-state index in [0.29, 0.717) is 0 Å². The second-order valence-electron chi connectivity index (χ2n) is 3.18. The summed E-state index contributed by atoms with van der Waals surface area (Å²) in [6.45, 7) is 0. The van der Waals surface area contributed by atoms with Crippen LogP contribution in [-0.2, 0) is 19.1 Å². The van der Waals surface area contributed by atoms with Gasteiger partial charge in [0.1, 0.15) is 5.92 Å². The monoisotopic (exact) mass is 204 g/mol. The van der Waals surface area contributed by atoms with Crippen molar-refractivity contribution in [2.45, 2.75) is 12.2 Å². The van der Waals surface area contributed by atoms with Crippen LogP contribution >= 0.6 is 0 Å². The van der Waals surface area contributed by atoms with Crippen molar-refractivity contribution in [1.82, 2.24) is 0 Å².